The summed E-state index contributed by atoms with van der Waals surface area (Å²) in [6.45, 7) is 3.46. The molecule has 0 bridgehead atoms. The molecule has 2 amide bonds. The Kier molecular flexibility index (Phi) is 4.66. The number of allylic oxidation sites excluding steroid dienone is 1. The van der Waals surface area contributed by atoms with Gasteiger partial charge in [-0.25, -0.2) is 9.59 Å². The van der Waals surface area contributed by atoms with Crippen molar-refractivity contribution < 1.29 is 19.1 Å². The van der Waals surface area contributed by atoms with Crippen molar-refractivity contribution in [1.29, 1.82) is 0 Å². The van der Waals surface area contributed by atoms with Crippen LogP contribution in [0.3, 0.4) is 0 Å². The lowest BCUT2D eigenvalue weighted by molar-refractivity contribution is -0.139. The molecule has 1 aromatic heterocycles. The number of ether oxygens (including phenoxy) is 2. The Hall–Kier alpha value is -3.29. The molecule has 0 saturated heterocycles. The van der Waals surface area contributed by atoms with E-state index in [2.05, 4.69) is 15.6 Å². The highest BCUT2D eigenvalue weighted by molar-refractivity contribution is 5.95. The van der Waals surface area contributed by atoms with Gasteiger partial charge in [-0.2, -0.15) is 0 Å². The summed E-state index contributed by atoms with van der Waals surface area (Å²) < 4.78 is 10.3. The van der Waals surface area contributed by atoms with E-state index in [1.54, 1.807) is 45.2 Å². The van der Waals surface area contributed by atoms with Crippen molar-refractivity contribution in [2.75, 3.05) is 13.7 Å². The molecule has 1 aliphatic rings. The molecule has 0 unspecified atom stereocenters. The highest BCUT2D eigenvalue weighted by Crippen LogP contribution is 2.28. The molecule has 8 heteroatoms. The van der Waals surface area contributed by atoms with Crippen LogP contribution in [0.15, 0.2) is 40.3 Å². The number of carbonyl (C=O) groups is 2. The molecule has 26 heavy (non-hydrogen) atoms. The maximum absolute atomic E-state index is 12.6. The molecule has 2 heterocycles. The summed E-state index contributed by atoms with van der Waals surface area (Å²) in [5.41, 5.74) is 1.01. The molecule has 8 nitrogen and oxygen atoms in total. The second kappa shape index (κ2) is 6.91. The fraction of sp³-hybridized carbons (Fsp3) is 0.278. The summed E-state index contributed by atoms with van der Waals surface area (Å²) in [6.07, 6.45) is 0. The molecular formula is C18H19N3O5. The molecule has 0 saturated carbocycles. The van der Waals surface area contributed by atoms with Crippen LogP contribution in [-0.2, 0) is 9.53 Å². The molecule has 1 atom stereocenters. The third-order valence-corrected chi connectivity index (χ3v) is 4.16. The molecule has 3 N–H and O–H groups in total. The molecule has 0 aliphatic carbocycles. The summed E-state index contributed by atoms with van der Waals surface area (Å²) in [4.78, 5) is 39.7. The van der Waals surface area contributed by atoms with Crippen molar-refractivity contribution >= 4 is 22.9 Å². The van der Waals surface area contributed by atoms with Gasteiger partial charge in [0.25, 0.3) is 5.56 Å². The van der Waals surface area contributed by atoms with Gasteiger partial charge < -0.3 is 25.1 Å². The molecule has 0 radical (unpaired) electrons. The number of H-pyrrole nitrogens is 1. The quantitative estimate of drug-likeness (QED) is 0.722. The lowest BCUT2D eigenvalue weighted by Gasteiger charge is -2.27. The number of fused-ring (bicyclic) bond motifs is 1. The summed E-state index contributed by atoms with van der Waals surface area (Å²) >= 11 is 0. The van der Waals surface area contributed by atoms with Crippen LogP contribution in [-0.4, -0.2) is 30.7 Å². The molecular weight excluding hydrogens is 338 g/mol. The molecule has 2 aromatic rings. The zero-order valence-corrected chi connectivity index (χ0v) is 14.6. The van der Waals surface area contributed by atoms with Crippen molar-refractivity contribution in [3.63, 3.8) is 0 Å². The van der Waals surface area contributed by atoms with E-state index >= 15 is 0 Å². The topological polar surface area (TPSA) is 110 Å². The number of esters is 1. The van der Waals surface area contributed by atoms with Crippen molar-refractivity contribution in [1.82, 2.24) is 15.6 Å². The van der Waals surface area contributed by atoms with E-state index in [1.165, 1.54) is 0 Å². The Labute approximate surface area is 149 Å². The normalized spacial score (nSPS) is 16.9. The zero-order chi connectivity index (χ0) is 18.8. The Morgan fingerprint density at radius 3 is 2.69 bits per heavy atom. The first kappa shape index (κ1) is 17.5. The maximum atomic E-state index is 12.6. The Bertz CT molecular complexity index is 976. The average Bonchev–Trinajstić information content (AvgIpc) is 2.60. The number of benzene rings is 1. The van der Waals surface area contributed by atoms with Gasteiger partial charge in [0.15, 0.2) is 0 Å². The highest BCUT2D eigenvalue weighted by atomic mass is 16.5. The first-order chi connectivity index (χ1) is 12.4. The number of nitrogens with one attached hydrogen (secondary N) is 3. The molecule has 136 valence electrons. The van der Waals surface area contributed by atoms with E-state index in [1.807, 2.05) is 0 Å². The van der Waals surface area contributed by atoms with Gasteiger partial charge in [-0.05, 0) is 38.1 Å². The van der Waals surface area contributed by atoms with E-state index in [4.69, 9.17) is 9.47 Å². The van der Waals surface area contributed by atoms with Gasteiger partial charge in [-0.15, -0.1) is 0 Å². The molecule has 1 aliphatic heterocycles. The second-order valence-electron chi connectivity index (χ2n) is 5.80. The van der Waals surface area contributed by atoms with Gasteiger partial charge in [0.05, 0.1) is 25.3 Å². The minimum absolute atomic E-state index is 0.182. The molecule has 0 spiro atoms. The van der Waals surface area contributed by atoms with Gasteiger partial charge in [-0.1, -0.05) is 0 Å². The van der Waals surface area contributed by atoms with Gasteiger partial charge in [0.2, 0.25) is 0 Å². The monoisotopic (exact) mass is 357 g/mol. The number of carbonyl (C=O) groups excluding carboxylic acids is 2. The van der Waals surface area contributed by atoms with E-state index in [-0.39, 0.29) is 17.7 Å². The number of aromatic nitrogens is 1. The maximum Gasteiger partial charge on any atom is 0.338 e. The number of urea groups is 1. The Morgan fingerprint density at radius 1 is 1.23 bits per heavy atom. The number of pyridine rings is 1. The largest absolute Gasteiger partial charge is 0.497 e. The van der Waals surface area contributed by atoms with Gasteiger partial charge in [0.1, 0.15) is 5.75 Å². The first-order valence-corrected chi connectivity index (χ1v) is 8.11. The SMILES string of the molecule is CCOC(=O)C1=C(C)NC(=O)N[C@H]1c1cc2cc(OC)ccc2[nH]c1=O. The predicted molar refractivity (Wildman–Crippen MR) is 94.9 cm³/mol. The smallest absolute Gasteiger partial charge is 0.338 e. The summed E-state index contributed by atoms with van der Waals surface area (Å²) in [5.74, 6) is 0.0369. The van der Waals surface area contributed by atoms with E-state index in [0.717, 1.165) is 0 Å². The van der Waals surface area contributed by atoms with Crippen molar-refractivity contribution in [2.24, 2.45) is 0 Å². The number of rotatable bonds is 4. The van der Waals surface area contributed by atoms with E-state index < -0.39 is 23.6 Å². The van der Waals surface area contributed by atoms with Crippen molar-refractivity contribution in [2.45, 2.75) is 19.9 Å². The Morgan fingerprint density at radius 2 is 2.00 bits per heavy atom. The summed E-state index contributed by atoms with van der Waals surface area (Å²) in [5, 5.41) is 5.88. The van der Waals surface area contributed by atoms with E-state index in [0.29, 0.717) is 22.3 Å². The van der Waals surface area contributed by atoms with Crippen LogP contribution >= 0.6 is 0 Å². The summed E-state index contributed by atoms with van der Waals surface area (Å²) in [7, 11) is 1.55. The van der Waals surface area contributed by atoms with E-state index in [9.17, 15) is 14.4 Å². The standard InChI is InChI=1S/C18H19N3O5/c1-4-26-17(23)14-9(2)19-18(24)21-15(14)12-8-10-7-11(25-3)5-6-13(10)20-16(12)22/h5-8,15H,4H2,1-3H3,(H,20,22)(H2,19,21,24)/t15-/m0/s1. The van der Waals surface area contributed by atoms with Crippen molar-refractivity contribution in [3.05, 3.63) is 51.5 Å². The van der Waals surface area contributed by atoms with Crippen LogP contribution in [0, 0.1) is 0 Å². The molecule has 3 rings (SSSR count). The molecule has 0 fully saturated rings. The highest BCUT2D eigenvalue weighted by Gasteiger charge is 2.33. The number of aromatic amines is 1. The molecule has 1 aromatic carbocycles. The third-order valence-electron chi connectivity index (χ3n) is 4.16. The Balaban J connectivity index is 2.17. The number of methoxy groups -OCH3 is 1. The van der Waals surface area contributed by atoms with Crippen LogP contribution in [0.5, 0.6) is 5.75 Å². The fourth-order valence-electron chi connectivity index (χ4n) is 2.95. The minimum Gasteiger partial charge on any atom is -0.497 e. The number of hydrogen-bond acceptors (Lipinski definition) is 5. The van der Waals surface area contributed by atoms with Crippen LogP contribution in [0.4, 0.5) is 4.79 Å². The van der Waals surface area contributed by atoms with Crippen molar-refractivity contribution in [3.8, 4) is 5.75 Å². The van der Waals surface area contributed by atoms with Crippen LogP contribution in [0.2, 0.25) is 0 Å². The first-order valence-electron chi connectivity index (χ1n) is 8.11. The lowest BCUT2D eigenvalue weighted by atomic mass is 9.95. The van der Waals surface area contributed by atoms with Crippen LogP contribution < -0.4 is 20.9 Å². The summed E-state index contributed by atoms with van der Waals surface area (Å²) in [6, 6.07) is 5.46. The number of amides is 2. The van der Waals surface area contributed by atoms with Crippen LogP contribution in [0.25, 0.3) is 10.9 Å². The van der Waals surface area contributed by atoms with Gasteiger partial charge >= 0.3 is 12.0 Å². The number of hydrogen-bond donors (Lipinski definition) is 3. The average molecular weight is 357 g/mol. The van der Waals surface area contributed by atoms with Gasteiger partial charge in [0, 0.05) is 22.2 Å². The third kappa shape index (κ3) is 3.13. The van der Waals surface area contributed by atoms with Crippen LogP contribution in [0.1, 0.15) is 25.5 Å². The fourth-order valence-corrected chi connectivity index (χ4v) is 2.95. The second-order valence-corrected chi connectivity index (χ2v) is 5.80. The zero-order valence-electron chi connectivity index (χ0n) is 14.6. The van der Waals surface area contributed by atoms with Gasteiger partial charge in [-0.3, -0.25) is 4.79 Å². The minimum atomic E-state index is -0.915. The predicted octanol–water partition coefficient (Wildman–Crippen LogP) is 1.73. The lowest BCUT2D eigenvalue weighted by Crippen LogP contribution is -2.46.